The summed E-state index contributed by atoms with van der Waals surface area (Å²) in [5.41, 5.74) is 17.2. The number of fused-ring (bicyclic) bond motifs is 12. The molecule has 0 spiro atoms. The molecule has 322 valence electrons. The highest BCUT2D eigenvalue weighted by atomic mass is 15.0. The van der Waals surface area contributed by atoms with Crippen molar-refractivity contribution in [1.29, 1.82) is 0 Å². The summed E-state index contributed by atoms with van der Waals surface area (Å²) >= 11 is 0. The highest BCUT2D eigenvalue weighted by Gasteiger charge is 2.28. The minimum absolute atomic E-state index is 0.681. The van der Waals surface area contributed by atoms with Gasteiger partial charge in [-0.25, -0.2) is 9.97 Å². The summed E-state index contributed by atoms with van der Waals surface area (Å²) in [6.07, 6.45) is 3.69. The monoisotopic (exact) mass is 880 g/mol. The predicted octanol–water partition coefficient (Wildman–Crippen LogP) is 15.8. The normalized spacial score (nSPS) is 11.8. The number of rotatable bonds is 7. The van der Waals surface area contributed by atoms with Gasteiger partial charge in [0.15, 0.2) is 5.82 Å². The fourth-order valence-electron chi connectivity index (χ4n) is 10.7. The lowest BCUT2D eigenvalue weighted by Gasteiger charge is -2.14. The third-order valence-corrected chi connectivity index (χ3v) is 13.7. The van der Waals surface area contributed by atoms with Crippen molar-refractivity contribution in [2.45, 2.75) is 0 Å². The van der Waals surface area contributed by atoms with Crippen LogP contribution in [0.3, 0.4) is 0 Å². The summed E-state index contributed by atoms with van der Waals surface area (Å²) in [4.78, 5) is 14.7. The number of hydrogen-bond acceptors (Lipinski definition) is 3. The summed E-state index contributed by atoms with van der Waals surface area (Å²) in [5.74, 6) is 0.681. The van der Waals surface area contributed by atoms with Gasteiger partial charge in [0.25, 0.3) is 0 Å². The minimum Gasteiger partial charge on any atom is -0.308 e. The van der Waals surface area contributed by atoms with E-state index in [1.165, 1.54) is 54.4 Å². The van der Waals surface area contributed by atoms with E-state index in [4.69, 9.17) is 9.97 Å². The second-order valence-corrected chi connectivity index (χ2v) is 17.6. The lowest BCUT2D eigenvalue weighted by atomic mass is 10.0. The molecule has 6 heteroatoms. The maximum Gasteiger partial charge on any atom is 0.160 e. The van der Waals surface area contributed by atoms with Crippen LogP contribution in [0, 0.1) is 0 Å². The summed E-state index contributed by atoms with van der Waals surface area (Å²) in [5, 5.41) is 7.29. The van der Waals surface area contributed by atoms with Crippen LogP contribution < -0.4 is 0 Å². The summed E-state index contributed by atoms with van der Waals surface area (Å²) < 4.78 is 7.47. The number of aromatic nitrogens is 6. The maximum absolute atomic E-state index is 5.23. The van der Waals surface area contributed by atoms with E-state index in [0.29, 0.717) is 5.82 Å². The highest BCUT2D eigenvalue weighted by molar-refractivity contribution is 6.40. The van der Waals surface area contributed by atoms with Crippen molar-refractivity contribution < 1.29 is 0 Å². The zero-order valence-electron chi connectivity index (χ0n) is 37.3. The third-order valence-electron chi connectivity index (χ3n) is 13.7. The number of nitrogens with zero attached hydrogens (tertiary/aromatic N) is 6. The molecule has 0 aliphatic rings. The molecule has 0 saturated heterocycles. The molecule has 0 N–H and O–H groups in total. The molecule has 0 bridgehead atoms. The lowest BCUT2D eigenvalue weighted by molar-refractivity contribution is 1.17. The average molecular weight is 881 g/mol. The maximum atomic E-state index is 5.23. The molecule has 0 radical (unpaired) electrons. The van der Waals surface area contributed by atoms with Gasteiger partial charge in [0.2, 0.25) is 0 Å². The molecular weight excluding hydrogens is 841 g/mol. The van der Waals surface area contributed by atoms with Gasteiger partial charge in [-0.15, -0.1) is 0 Å². The molecule has 0 fully saturated rings. The summed E-state index contributed by atoms with van der Waals surface area (Å²) in [6, 6.07) is 82.3. The van der Waals surface area contributed by atoms with Crippen LogP contribution in [-0.4, -0.2) is 28.7 Å². The first-order chi connectivity index (χ1) is 34.3. The molecule has 0 aliphatic heterocycles. The molecule has 5 heterocycles. The van der Waals surface area contributed by atoms with Crippen LogP contribution in [0.25, 0.3) is 128 Å². The average Bonchev–Trinajstić information content (AvgIpc) is 4.08. The van der Waals surface area contributed by atoms with Crippen molar-refractivity contribution in [2.24, 2.45) is 0 Å². The van der Waals surface area contributed by atoms with Gasteiger partial charge < -0.3 is 13.7 Å². The Morgan fingerprint density at radius 1 is 0.290 bits per heavy atom. The molecule has 14 rings (SSSR count). The second kappa shape index (κ2) is 15.6. The molecule has 0 amide bonds. The van der Waals surface area contributed by atoms with Crippen LogP contribution >= 0.6 is 0 Å². The first-order valence-corrected chi connectivity index (χ1v) is 23.4. The Labute approximate surface area is 397 Å². The van der Waals surface area contributed by atoms with Gasteiger partial charge in [0, 0.05) is 78.5 Å². The van der Waals surface area contributed by atoms with Gasteiger partial charge in [-0.1, -0.05) is 164 Å². The number of pyridine rings is 1. The van der Waals surface area contributed by atoms with Crippen LogP contribution in [0.1, 0.15) is 0 Å². The van der Waals surface area contributed by atoms with Crippen molar-refractivity contribution in [3.8, 4) is 62.1 Å². The van der Waals surface area contributed by atoms with Crippen LogP contribution in [0.15, 0.2) is 243 Å². The van der Waals surface area contributed by atoms with Gasteiger partial charge >= 0.3 is 0 Å². The zero-order chi connectivity index (χ0) is 45.4. The third kappa shape index (κ3) is 6.09. The van der Waals surface area contributed by atoms with E-state index in [-0.39, 0.29) is 0 Å². The van der Waals surface area contributed by atoms with E-state index < -0.39 is 0 Å². The molecular formula is C63H40N6. The SMILES string of the molecule is c1ccc(-c2nc(-c3ccc(-c4cccnc4)cc3)cc(-c3ccc(-n4c5ccccc5c5c6c(c7ccccc7n6-c6ccccc6)c6c(c7ccccc7n6-c6ccccc6)c54)cc3)n2)cc1. The molecule has 0 unspecified atom stereocenters. The molecule has 69 heavy (non-hydrogen) atoms. The van der Waals surface area contributed by atoms with Gasteiger partial charge in [0.1, 0.15) is 0 Å². The Kier molecular flexibility index (Phi) is 8.79. The topological polar surface area (TPSA) is 53.5 Å². The fraction of sp³-hybridized carbons (Fsp3) is 0. The zero-order valence-corrected chi connectivity index (χ0v) is 37.3. The minimum atomic E-state index is 0.681. The number of benzene rings is 9. The first-order valence-electron chi connectivity index (χ1n) is 23.4. The Morgan fingerprint density at radius 3 is 1.12 bits per heavy atom. The summed E-state index contributed by atoms with van der Waals surface area (Å²) in [6.45, 7) is 0. The van der Waals surface area contributed by atoms with Crippen LogP contribution in [0.5, 0.6) is 0 Å². The standard InChI is InChI=1S/C63H40N6/c1-4-17-44(18-5-1)63-65-52(42-32-30-41(31-33-42)45-19-16-38-64-40-45)39-53(66-63)43-34-36-48(37-35-43)69-56-29-15-12-26-51(56)59-61-57(49-24-10-13-27-54(49)67(61)46-20-6-2-7-21-46)60-58(62(59)69)50-25-11-14-28-55(50)68(60)47-22-8-3-9-23-47/h1-40H. The van der Waals surface area contributed by atoms with E-state index in [9.17, 15) is 0 Å². The van der Waals surface area contributed by atoms with Crippen molar-refractivity contribution in [3.63, 3.8) is 0 Å². The van der Waals surface area contributed by atoms with Crippen LogP contribution in [0.2, 0.25) is 0 Å². The van der Waals surface area contributed by atoms with Crippen molar-refractivity contribution in [1.82, 2.24) is 28.7 Å². The van der Waals surface area contributed by atoms with Gasteiger partial charge in [-0.2, -0.15) is 0 Å². The second-order valence-electron chi connectivity index (χ2n) is 17.6. The number of hydrogen-bond donors (Lipinski definition) is 0. The molecule has 6 nitrogen and oxygen atoms in total. The van der Waals surface area contributed by atoms with Crippen molar-refractivity contribution in [3.05, 3.63) is 243 Å². The van der Waals surface area contributed by atoms with Gasteiger partial charge in [0.05, 0.1) is 44.5 Å². The largest absolute Gasteiger partial charge is 0.308 e. The first kappa shape index (κ1) is 38.8. The quantitative estimate of drug-likeness (QED) is 0.160. The summed E-state index contributed by atoms with van der Waals surface area (Å²) in [7, 11) is 0. The molecule has 14 aromatic rings. The number of para-hydroxylation sites is 5. The molecule has 0 aliphatic carbocycles. The fourth-order valence-corrected chi connectivity index (χ4v) is 10.7. The van der Waals surface area contributed by atoms with E-state index >= 15 is 0 Å². The Hall–Kier alpha value is -9.39. The smallest absolute Gasteiger partial charge is 0.160 e. The molecule has 9 aromatic carbocycles. The Balaban J connectivity index is 1.04. The van der Waals surface area contributed by atoms with E-state index in [1.807, 2.05) is 30.5 Å². The van der Waals surface area contributed by atoms with Crippen LogP contribution in [0.4, 0.5) is 0 Å². The Bertz CT molecular complexity index is 4180. The van der Waals surface area contributed by atoms with Gasteiger partial charge in [-0.05, 0) is 77.9 Å². The highest BCUT2D eigenvalue weighted by Crippen LogP contribution is 2.50. The van der Waals surface area contributed by atoms with E-state index in [1.54, 1.807) is 6.20 Å². The Morgan fingerprint density at radius 2 is 0.667 bits per heavy atom. The van der Waals surface area contributed by atoms with E-state index in [0.717, 1.165) is 67.3 Å². The molecule has 0 atom stereocenters. The molecule has 5 aromatic heterocycles. The van der Waals surface area contributed by atoms with Crippen molar-refractivity contribution >= 4 is 65.4 Å². The van der Waals surface area contributed by atoms with E-state index in [2.05, 4.69) is 225 Å². The lowest BCUT2D eigenvalue weighted by Crippen LogP contribution is -1.98. The van der Waals surface area contributed by atoms with Crippen molar-refractivity contribution in [2.75, 3.05) is 0 Å². The van der Waals surface area contributed by atoms with Crippen LogP contribution in [-0.2, 0) is 0 Å². The molecule has 0 saturated carbocycles. The predicted molar refractivity (Wildman–Crippen MR) is 285 cm³/mol. The van der Waals surface area contributed by atoms with Gasteiger partial charge in [-0.3, -0.25) is 4.98 Å².